The van der Waals surface area contributed by atoms with Crippen LogP contribution in [-0.2, 0) is 22.5 Å². The summed E-state index contributed by atoms with van der Waals surface area (Å²) < 4.78 is 6.56. The lowest BCUT2D eigenvalue weighted by atomic mass is 10.2. The van der Waals surface area contributed by atoms with Crippen LogP contribution >= 0.6 is 24.8 Å². The van der Waals surface area contributed by atoms with Crippen molar-refractivity contribution in [3.05, 3.63) is 54.1 Å². The fourth-order valence-corrected chi connectivity index (χ4v) is 1.85. The number of rotatable bonds is 5. The summed E-state index contributed by atoms with van der Waals surface area (Å²) in [5.74, 6) is -0.419. The summed E-state index contributed by atoms with van der Waals surface area (Å²) in [6.07, 6.45) is 4.02. The first-order valence-electron chi connectivity index (χ1n) is 6.07. The highest BCUT2D eigenvalue weighted by molar-refractivity contribution is 5.85. The number of ether oxygens (including phenoxy) is 1. The van der Waals surface area contributed by atoms with Gasteiger partial charge in [-0.25, -0.2) is 4.98 Å². The summed E-state index contributed by atoms with van der Waals surface area (Å²) in [7, 11) is 1.33. The van der Waals surface area contributed by atoms with Gasteiger partial charge in [-0.15, -0.1) is 24.8 Å². The second kappa shape index (κ2) is 9.39. The molecule has 1 heterocycles. The number of carbonyl (C=O) groups excluding carboxylic acids is 1. The summed E-state index contributed by atoms with van der Waals surface area (Å²) in [6, 6.07) is 9.43. The van der Waals surface area contributed by atoms with Crippen LogP contribution in [0.5, 0.6) is 0 Å². The normalized spacial score (nSPS) is 11.0. The Hall–Kier alpha value is -1.56. The van der Waals surface area contributed by atoms with E-state index in [-0.39, 0.29) is 24.8 Å². The standard InChI is InChI=1S/C14H17N3O2.2ClH/c1-19-14(18)13(15)7-12-9-17(10-16-12)8-11-5-3-2-4-6-11;;/h2-6,9-10,13H,7-8,15H2,1H3;2*1H. The lowest BCUT2D eigenvalue weighted by Crippen LogP contribution is -2.33. The second-order valence-electron chi connectivity index (χ2n) is 4.36. The fourth-order valence-electron chi connectivity index (χ4n) is 1.85. The number of aromatic nitrogens is 2. The van der Waals surface area contributed by atoms with Crippen LogP contribution in [0.3, 0.4) is 0 Å². The smallest absolute Gasteiger partial charge is 0.323 e. The van der Waals surface area contributed by atoms with Crippen LogP contribution in [0.25, 0.3) is 0 Å². The number of hydrogen-bond donors (Lipinski definition) is 1. The van der Waals surface area contributed by atoms with E-state index in [0.29, 0.717) is 6.42 Å². The number of halogens is 2. The maximum Gasteiger partial charge on any atom is 0.323 e. The molecule has 0 amide bonds. The van der Waals surface area contributed by atoms with Crippen LogP contribution in [-0.4, -0.2) is 28.7 Å². The molecule has 0 aliphatic rings. The predicted octanol–water partition coefficient (Wildman–Crippen LogP) is 1.82. The molecule has 1 aromatic carbocycles. The van der Waals surface area contributed by atoms with E-state index in [0.717, 1.165) is 12.2 Å². The van der Waals surface area contributed by atoms with E-state index in [1.807, 2.05) is 29.0 Å². The van der Waals surface area contributed by atoms with Gasteiger partial charge in [-0.2, -0.15) is 0 Å². The molecule has 1 atom stereocenters. The van der Waals surface area contributed by atoms with Gasteiger partial charge in [0.1, 0.15) is 6.04 Å². The van der Waals surface area contributed by atoms with Crippen LogP contribution in [0.2, 0.25) is 0 Å². The van der Waals surface area contributed by atoms with Crippen LogP contribution in [0.1, 0.15) is 11.3 Å². The van der Waals surface area contributed by atoms with E-state index < -0.39 is 12.0 Å². The zero-order valence-corrected chi connectivity index (χ0v) is 13.3. The van der Waals surface area contributed by atoms with Crippen molar-refractivity contribution in [3.8, 4) is 0 Å². The molecular weight excluding hydrogens is 313 g/mol. The number of hydrogen-bond acceptors (Lipinski definition) is 4. The third kappa shape index (κ3) is 5.75. The first-order chi connectivity index (χ1) is 9.19. The molecule has 21 heavy (non-hydrogen) atoms. The van der Waals surface area contributed by atoms with E-state index in [1.54, 1.807) is 6.33 Å². The molecule has 0 saturated heterocycles. The minimum atomic E-state index is -0.662. The maximum absolute atomic E-state index is 11.2. The number of imidazole rings is 1. The number of nitrogens with two attached hydrogens (primary N) is 1. The molecule has 1 unspecified atom stereocenters. The van der Waals surface area contributed by atoms with Crippen LogP contribution in [0, 0.1) is 0 Å². The third-order valence-corrected chi connectivity index (χ3v) is 2.83. The number of methoxy groups -OCH3 is 1. The molecule has 0 aliphatic carbocycles. The van der Waals surface area contributed by atoms with Crippen molar-refractivity contribution in [2.24, 2.45) is 5.73 Å². The van der Waals surface area contributed by atoms with Crippen molar-refractivity contribution in [1.82, 2.24) is 9.55 Å². The van der Waals surface area contributed by atoms with Crippen molar-refractivity contribution in [3.63, 3.8) is 0 Å². The largest absolute Gasteiger partial charge is 0.468 e. The Morgan fingerprint density at radius 3 is 2.62 bits per heavy atom. The molecule has 7 heteroatoms. The van der Waals surface area contributed by atoms with E-state index in [9.17, 15) is 4.79 Å². The number of esters is 1. The minimum Gasteiger partial charge on any atom is -0.468 e. The quantitative estimate of drug-likeness (QED) is 0.848. The zero-order chi connectivity index (χ0) is 13.7. The average molecular weight is 332 g/mol. The van der Waals surface area contributed by atoms with E-state index in [1.165, 1.54) is 12.7 Å². The van der Waals surface area contributed by atoms with Gasteiger partial charge in [-0.05, 0) is 5.56 Å². The SMILES string of the molecule is COC(=O)C(N)Cc1cn(Cc2ccccc2)cn1.Cl.Cl. The number of nitrogens with zero attached hydrogens (tertiary/aromatic N) is 2. The first kappa shape index (κ1) is 19.4. The highest BCUT2D eigenvalue weighted by Crippen LogP contribution is 2.05. The Labute approximate surface area is 136 Å². The van der Waals surface area contributed by atoms with Gasteiger partial charge in [0.15, 0.2) is 0 Å². The average Bonchev–Trinajstić information content (AvgIpc) is 2.86. The van der Waals surface area contributed by atoms with Crippen LogP contribution in [0.15, 0.2) is 42.9 Å². The van der Waals surface area contributed by atoms with Gasteiger partial charge >= 0.3 is 5.97 Å². The molecule has 0 radical (unpaired) electrons. The van der Waals surface area contributed by atoms with Crippen molar-refractivity contribution in [2.45, 2.75) is 19.0 Å². The summed E-state index contributed by atoms with van der Waals surface area (Å²) in [5.41, 5.74) is 7.68. The Morgan fingerprint density at radius 1 is 1.33 bits per heavy atom. The molecule has 116 valence electrons. The third-order valence-electron chi connectivity index (χ3n) is 2.83. The monoisotopic (exact) mass is 331 g/mol. The van der Waals surface area contributed by atoms with Gasteiger partial charge in [0.25, 0.3) is 0 Å². The Bertz CT molecular complexity index is 546. The topological polar surface area (TPSA) is 70.1 Å². The van der Waals surface area contributed by atoms with Crippen molar-refractivity contribution in [1.29, 1.82) is 0 Å². The Balaban J connectivity index is 0.00000200. The molecule has 0 spiro atoms. The van der Waals surface area contributed by atoms with E-state index in [2.05, 4.69) is 21.9 Å². The van der Waals surface area contributed by atoms with Crippen LogP contribution < -0.4 is 5.73 Å². The molecule has 2 aromatic rings. The van der Waals surface area contributed by atoms with Gasteiger partial charge in [0.2, 0.25) is 0 Å². The van der Waals surface area contributed by atoms with Crippen molar-refractivity contribution in [2.75, 3.05) is 7.11 Å². The number of benzene rings is 1. The fraction of sp³-hybridized carbons (Fsp3) is 0.286. The molecular formula is C14H19Cl2N3O2. The lowest BCUT2D eigenvalue weighted by Gasteiger charge is -2.06. The summed E-state index contributed by atoms with van der Waals surface area (Å²) >= 11 is 0. The molecule has 5 nitrogen and oxygen atoms in total. The first-order valence-corrected chi connectivity index (χ1v) is 6.07. The van der Waals surface area contributed by atoms with Gasteiger partial charge in [-0.1, -0.05) is 30.3 Å². The maximum atomic E-state index is 11.2. The van der Waals surface area contributed by atoms with Gasteiger partial charge in [0.05, 0.1) is 19.1 Å². The zero-order valence-electron chi connectivity index (χ0n) is 11.6. The van der Waals surface area contributed by atoms with E-state index >= 15 is 0 Å². The molecule has 2 rings (SSSR count). The van der Waals surface area contributed by atoms with Crippen LogP contribution in [0.4, 0.5) is 0 Å². The molecule has 0 saturated carbocycles. The second-order valence-corrected chi connectivity index (χ2v) is 4.36. The highest BCUT2D eigenvalue weighted by atomic mass is 35.5. The van der Waals surface area contributed by atoms with Crippen molar-refractivity contribution < 1.29 is 9.53 Å². The Morgan fingerprint density at radius 2 is 2.00 bits per heavy atom. The van der Waals surface area contributed by atoms with Gasteiger partial charge in [-0.3, -0.25) is 4.79 Å². The Kier molecular flexibility index (Phi) is 8.69. The highest BCUT2D eigenvalue weighted by Gasteiger charge is 2.15. The lowest BCUT2D eigenvalue weighted by molar-refractivity contribution is -0.142. The molecule has 0 fully saturated rings. The molecule has 1 aromatic heterocycles. The molecule has 0 bridgehead atoms. The van der Waals surface area contributed by atoms with Crippen molar-refractivity contribution >= 4 is 30.8 Å². The van der Waals surface area contributed by atoms with E-state index in [4.69, 9.17) is 5.73 Å². The minimum absolute atomic E-state index is 0. The predicted molar refractivity (Wildman–Crippen MR) is 86.0 cm³/mol. The summed E-state index contributed by atoms with van der Waals surface area (Å²) in [4.78, 5) is 15.5. The molecule has 2 N–H and O–H groups in total. The number of carbonyl (C=O) groups is 1. The van der Waals surface area contributed by atoms with Gasteiger partial charge < -0.3 is 15.0 Å². The molecule has 0 aliphatic heterocycles. The summed E-state index contributed by atoms with van der Waals surface area (Å²) in [6.45, 7) is 0.751. The van der Waals surface area contributed by atoms with Gasteiger partial charge in [0, 0.05) is 19.2 Å². The summed E-state index contributed by atoms with van der Waals surface area (Å²) in [5, 5.41) is 0.